The van der Waals surface area contributed by atoms with E-state index < -0.39 is 15.9 Å². The highest BCUT2D eigenvalue weighted by Gasteiger charge is 2.37. The summed E-state index contributed by atoms with van der Waals surface area (Å²) in [6.07, 6.45) is 5.16. The number of carbonyl (C=O) groups is 1. The number of fused-ring (bicyclic) bond motifs is 1. The Morgan fingerprint density at radius 3 is 2.53 bits per heavy atom. The monoisotopic (exact) mass is 452 g/mol. The fraction of sp³-hybridized carbons (Fsp3) is 0.333. The zero-order chi connectivity index (χ0) is 22.9. The minimum atomic E-state index is -3.58. The second kappa shape index (κ2) is 8.52. The van der Waals surface area contributed by atoms with Gasteiger partial charge in [-0.1, -0.05) is 38.1 Å². The largest absolute Gasteiger partial charge is 0.347 e. The van der Waals surface area contributed by atoms with Gasteiger partial charge in [-0.25, -0.2) is 13.8 Å². The van der Waals surface area contributed by atoms with Crippen molar-refractivity contribution < 1.29 is 13.2 Å². The van der Waals surface area contributed by atoms with Gasteiger partial charge >= 0.3 is 0 Å². The van der Waals surface area contributed by atoms with Crippen LogP contribution in [0.4, 0.5) is 5.69 Å². The molecule has 4 rings (SSSR count). The predicted molar refractivity (Wildman–Crippen MR) is 126 cm³/mol. The van der Waals surface area contributed by atoms with Gasteiger partial charge in [0.25, 0.3) is 5.91 Å². The molecule has 8 heteroatoms. The molecule has 0 spiro atoms. The van der Waals surface area contributed by atoms with Crippen LogP contribution in [0, 0.1) is 0 Å². The Kier molecular flexibility index (Phi) is 5.92. The average Bonchev–Trinajstić information content (AvgIpc) is 3.39. The summed E-state index contributed by atoms with van der Waals surface area (Å²) in [5.74, 6) is -0.458. The molecule has 1 saturated heterocycles. The van der Waals surface area contributed by atoms with Crippen LogP contribution in [-0.2, 0) is 15.4 Å². The number of sulfonamides is 1. The highest BCUT2D eigenvalue weighted by Crippen LogP contribution is 2.46. The van der Waals surface area contributed by atoms with Gasteiger partial charge in [0.1, 0.15) is 0 Å². The minimum Gasteiger partial charge on any atom is -0.347 e. The van der Waals surface area contributed by atoms with Gasteiger partial charge in [0.15, 0.2) is 0 Å². The smallest absolute Gasteiger partial charge is 0.271 e. The van der Waals surface area contributed by atoms with Crippen LogP contribution in [-0.4, -0.2) is 45.0 Å². The molecule has 0 saturated carbocycles. The predicted octanol–water partition coefficient (Wildman–Crippen LogP) is 3.50. The van der Waals surface area contributed by atoms with Crippen LogP contribution in [0.15, 0.2) is 70.3 Å². The number of nitrogens with one attached hydrogen (secondary N) is 1. The number of likely N-dealkylation sites (N-methyl/N-ethyl adjacent to an activating group) is 1. The van der Waals surface area contributed by atoms with Gasteiger partial charge < -0.3 is 4.90 Å². The maximum absolute atomic E-state index is 12.8. The number of hydrogen-bond acceptors (Lipinski definition) is 5. The first kappa shape index (κ1) is 22.2. The first-order valence-electron chi connectivity index (χ1n) is 10.7. The Balaban J connectivity index is 1.47. The van der Waals surface area contributed by atoms with E-state index >= 15 is 0 Å². The van der Waals surface area contributed by atoms with Crippen molar-refractivity contribution in [3.05, 3.63) is 71.4 Å². The Bertz CT molecular complexity index is 1200. The summed E-state index contributed by atoms with van der Waals surface area (Å²) in [6, 6.07) is 14.3. The molecular formula is C24H28N4O3S. The Labute approximate surface area is 189 Å². The molecule has 2 heterocycles. The number of carbonyl (C=O) groups excluding carboxylic acids is 1. The summed E-state index contributed by atoms with van der Waals surface area (Å²) >= 11 is 0. The maximum atomic E-state index is 12.8. The number of allylic oxidation sites excluding steroid dienone is 2. The lowest BCUT2D eigenvalue weighted by Gasteiger charge is -2.23. The molecule has 0 aromatic heterocycles. The third kappa shape index (κ3) is 3.96. The lowest BCUT2D eigenvalue weighted by molar-refractivity contribution is 0.0955. The standard InChI is InChI=1S/C24H28N4O3S/c1-24(2)20-11-4-5-12-21(20)27(3)22(24)13-14-25-26-23(29)18-9-8-10-19(17-18)32(30,31)28-15-6-7-16-28/h4-5,8-14,17H,6-7,15-16H2,1-3H3,(H,26,29)/b22-13-,25-14-. The fourth-order valence-electron chi connectivity index (χ4n) is 4.45. The second-order valence-corrected chi connectivity index (χ2v) is 10.5. The molecule has 0 unspecified atom stereocenters. The van der Waals surface area contributed by atoms with Crippen LogP contribution in [0.1, 0.15) is 42.6 Å². The summed E-state index contributed by atoms with van der Waals surface area (Å²) in [4.78, 5) is 14.8. The zero-order valence-corrected chi connectivity index (χ0v) is 19.4. The van der Waals surface area contributed by atoms with E-state index in [9.17, 15) is 13.2 Å². The first-order valence-corrected chi connectivity index (χ1v) is 12.1. The Morgan fingerprint density at radius 2 is 1.81 bits per heavy atom. The third-order valence-electron chi connectivity index (χ3n) is 6.21. The Morgan fingerprint density at radius 1 is 1.09 bits per heavy atom. The number of anilines is 1. The fourth-order valence-corrected chi connectivity index (χ4v) is 6.01. The van der Waals surface area contributed by atoms with Crippen LogP contribution in [0.5, 0.6) is 0 Å². The number of nitrogens with zero attached hydrogens (tertiary/aromatic N) is 3. The number of para-hydroxylation sites is 1. The molecule has 32 heavy (non-hydrogen) atoms. The van der Waals surface area contributed by atoms with Crippen molar-refractivity contribution in [1.29, 1.82) is 0 Å². The molecule has 2 aromatic carbocycles. The third-order valence-corrected chi connectivity index (χ3v) is 8.11. The molecule has 168 valence electrons. The molecule has 7 nitrogen and oxygen atoms in total. The molecular weight excluding hydrogens is 424 g/mol. The number of amides is 1. The number of hydrazone groups is 1. The van der Waals surface area contributed by atoms with Crippen molar-refractivity contribution in [3.63, 3.8) is 0 Å². The van der Waals surface area contributed by atoms with E-state index in [-0.39, 0.29) is 15.9 Å². The van der Waals surface area contributed by atoms with Gasteiger partial charge in [-0.2, -0.15) is 9.41 Å². The van der Waals surface area contributed by atoms with Crippen molar-refractivity contribution in [2.24, 2.45) is 5.10 Å². The molecule has 2 aliphatic heterocycles. The molecule has 0 radical (unpaired) electrons. The molecule has 0 atom stereocenters. The number of hydrogen-bond donors (Lipinski definition) is 1. The lowest BCUT2D eigenvalue weighted by atomic mass is 9.84. The van der Waals surface area contributed by atoms with Crippen molar-refractivity contribution in [2.75, 3.05) is 25.0 Å². The molecule has 1 N–H and O–H groups in total. The lowest BCUT2D eigenvalue weighted by Crippen LogP contribution is -2.28. The quantitative estimate of drug-likeness (QED) is 0.556. The van der Waals surface area contributed by atoms with E-state index in [1.807, 2.05) is 25.3 Å². The van der Waals surface area contributed by atoms with Gasteiger partial charge in [0, 0.05) is 48.7 Å². The zero-order valence-electron chi connectivity index (χ0n) is 18.6. The van der Waals surface area contributed by atoms with Crippen LogP contribution in [0.25, 0.3) is 0 Å². The van der Waals surface area contributed by atoms with E-state index in [0.29, 0.717) is 13.1 Å². The van der Waals surface area contributed by atoms with E-state index in [1.54, 1.807) is 18.3 Å². The highest BCUT2D eigenvalue weighted by atomic mass is 32.2. The average molecular weight is 453 g/mol. The van der Waals surface area contributed by atoms with Crippen LogP contribution in [0.2, 0.25) is 0 Å². The normalized spacial score (nSPS) is 19.6. The van der Waals surface area contributed by atoms with E-state index in [4.69, 9.17) is 0 Å². The van der Waals surface area contributed by atoms with Crippen molar-refractivity contribution in [3.8, 4) is 0 Å². The summed E-state index contributed by atoms with van der Waals surface area (Å²) in [5, 5.41) is 4.06. The van der Waals surface area contributed by atoms with Crippen LogP contribution >= 0.6 is 0 Å². The summed E-state index contributed by atoms with van der Waals surface area (Å²) < 4.78 is 27.0. The molecule has 1 amide bonds. The van der Waals surface area contributed by atoms with Gasteiger partial charge in [0.05, 0.1) is 4.90 Å². The van der Waals surface area contributed by atoms with Crippen LogP contribution in [0.3, 0.4) is 0 Å². The maximum Gasteiger partial charge on any atom is 0.271 e. The molecule has 2 aromatic rings. The van der Waals surface area contributed by atoms with Crippen molar-refractivity contribution in [1.82, 2.24) is 9.73 Å². The SMILES string of the molecule is CN1/C(=C\C=N/NC(=O)c2cccc(S(=O)(=O)N3CCCC3)c2)C(C)(C)c2ccccc21. The second-order valence-electron chi connectivity index (χ2n) is 8.61. The Hall–Kier alpha value is -2.97. The summed E-state index contributed by atoms with van der Waals surface area (Å²) in [5.41, 5.74) is 6.02. The minimum absolute atomic E-state index is 0.130. The molecule has 0 aliphatic carbocycles. The summed E-state index contributed by atoms with van der Waals surface area (Å²) in [7, 11) is -1.56. The molecule has 1 fully saturated rings. The van der Waals surface area contributed by atoms with Crippen molar-refractivity contribution in [2.45, 2.75) is 37.0 Å². The van der Waals surface area contributed by atoms with Gasteiger partial charge in [-0.15, -0.1) is 0 Å². The topological polar surface area (TPSA) is 82.1 Å². The molecule has 0 bridgehead atoms. The summed E-state index contributed by atoms with van der Waals surface area (Å²) in [6.45, 7) is 5.35. The molecule has 2 aliphatic rings. The number of rotatable bonds is 5. The van der Waals surface area contributed by atoms with E-state index in [0.717, 1.165) is 24.2 Å². The van der Waals surface area contributed by atoms with Crippen molar-refractivity contribution >= 4 is 27.8 Å². The van der Waals surface area contributed by atoms with E-state index in [2.05, 4.69) is 41.4 Å². The van der Waals surface area contributed by atoms with E-state index in [1.165, 1.54) is 22.0 Å². The highest BCUT2D eigenvalue weighted by molar-refractivity contribution is 7.89. The van der Waals surface area contributed by atoms with Crippen LogP contribution < -0.4 is 10.3 Å². The van der Waals surface area contributed by atoms with Gasteiger partial charge in [-0.3, -0.25) is 4.79 Å². The number of benzene rings is 2. The first-order chi connectivity index (χ1) is 15.2. The van der Waals surface area contributed by atoms with Gasteiger partial charge in [0.2, 0.25) is 10.0 Å². The van der Waals surface area contributed by atoms with Gasteiger partial charge in [-0.05, 0) is 48.7 Å².